The molecule has 6 rings (SSSR count). The number of methoxy groups -OCH3 is 1. The summed E-state index contributed by atoms with van der Waals surface area (Å²) in [5, 5.41) is 30.6. The van der Waals surface area contributed by atoms with Crippen LogP contribution >= 0.6 is 0 Å². The number of H-pyrrole nitrogens is 1. The van der Waals surface area contributed by atoms with E-state index in [1.807, 2.05) is 39.0 Å². The zero-order valence-electron chi connectivity index (χ0n) is 27.5. The highest BCUT2D eigenvalue weighted by Gasteiger charge is 2.30. The van der Waals surface area contributed by atoms with Gasteiger partial charge in [-0.05, 0) is 82.6 Å². The van der Waals surface area contributed by atoms with Gasteiger partial charge in [0.1, 0.15) is 17.4 Å². The quantitative estimate of drug-likeness (QED) is 0.197. The first-order valence-electron chi connectivity index (χ1n) is 16.2. The Morgan fingerprint density at radius 3 is 2.53 bits per heavy atom. The van der Waals surface area contributed by atoms with E-state index in [-0.39, 0.29) is 17.6 Å². The minimum Gasteiger partial charge on any atom is -0.460 e. The molecule has 0 aromatic carbocycles. The largest absolute Gasteiger partial charge is 0.460 e. The van der Waals surface area contributed by atoms with Crippen molar-refractivity contribution in [3.8, 4) is 28.7 Å². The van der Waals surface area contributed by atoms with Gasteiger partial charge in [0.05, 0.1) is 42.0 Å². The van der Waals surface area contributed by atoms with Crippen molar-refractivity contribution in [2.75, 3.05) is 19.0 Å². The van der Waals surface area contributed by atoms with Crippen molar-refractivity contribution in [1.29, 1.82) is 5.26 Å². The SMILES string of the molecule is CC(C)(C)OC(=O)CC1CCCCC1.COC(=O)NCC1CC(Nc2cc(-c3ccc4cc(C#N)cnn34)ncc2-c2cn[nH]n2)C1. The summed E-state index contributed by atoms with van der Waals surface area (Å²) in [6.45, 7) is 6.36. The molecule has 2 aliphatic carbocycles. The van der Waals surface area contributed by atoms with Crippen LogP contribution in [0.15, 0.2) is 42.9 Å². The molecule has 0 saturated heterocycles. The van der Waals surface area contributed by atoms with E-state index in [0.717, 1.165) is 41.0 Å². The zero-order valence-corrected chi connectivity index (χ0v) is 27.5. The molecule has 0 bridgehead atoms. The molecule has 1 amide bonds. The lowest BCUT2D eigenvalue weighted by Gasteiger charge is -2.36. The van der Waals surface area contributed by atoms with Crippen LogP contribution in [-0.2, 0) is 14.3 Å². The average Bonchev–Trinajstić information content (AvgIpc) is 3.72. The van der Waals surface area contributed by atoms with Gasteiger partial charge in [0.2, 0.25) is 0 Å². The van der Waals surface area contributed by atoms with Crippen LogP contribution < -0.4 is 10.6 Å². The van der Waals surface area contributed by atoms with E-state index >= 15 is 0 Å². The number of nitriles is 1. The Balaban J connectivity index is 0.000000261. The molecule has 47 heavy (non-hydrogen) atoms. The number of esters is 1. The van der Waals surface area contributed by atoms with Gasteiger partial charge in [-0.1, -0.05) is 19.3 Å². The van der Waals surface area contributed by atoms with Crippen molar-refractivity contribution < 1.29 is 19.1 Å². The van der Waals surface area contributed by atoms with E-state index in [2.05, 4.69) is 46.9 Å². The Labute approximate surface area is 274 Å². The molecule has 4 heterocycles. The highest BCUT2D eigenvalue weighted by atomic mass is 16.6. The van der Waals surface area contributed by atoms with Gasteiger partial charge in [0.25, 0.3) is 0 Å². The molecule has 0 aliphatic heterocycles. The summed E-state index contributed by atoms with van der Waals surface area (Å²) in [5.74, 6) is 0.953. The molecule has 2 saturated carbocycles. The number of ether oxygens (including phenoxy) is 2. The van der Waals surface area contributed by atoms with Crippen LogP contribution in [0.1, 0.15) is 77.7 Å². The second-order valence-corrected chi connectivity index (χ2v) is 13.2. The number of hydrogen-bond donors (Lipinski definition) is 3. The fourth-order valence-electron chi connectivity index (χ4n) is 6.05. The van der Waals surface area contributed by atoms with Crippen LogP contribution in [-0.4, -0.2) is 67.4 Å². The summed E-state index contributed by atoms with van der Waals surface area (Å²) < 4.78 is 11.7. The van der Waals surface area contributed by atoms with Gasteiger partial charge in [-0.2, -0.15) is 25.8 Å². The van der Waals surface area contributed by atoms with Gasteiger partial charge in [-0.3, -0.25) is 9.78 Å². The van der Waals surface area contributed by atoms with Crippen molar-refractivity contribution in [1.82, 2.24) is 35.3 Å². The number of fused-ring (bicyclic) bond motifs is 1. The maximum atomic E-state index is 11.5. The summed E-state index contributed by atoms with van der Waals surface area (Å²) in [6.07, 6.45) is 13.3. The molecular formula is C34H43N9O4. The number of carbonyl (C=O) groups excluding carboxylic acids is 2. The number of carbonyl (C=O) groups is 2. The normalized spacial score (nSPS) is 17.9. The van der Waals surface area contributed by atoms with Gasteiger partial charge in [-0.15, -0.1) is 0 Å². The summed E-state index contributed by atoms with van der Waals surface area (Å²) in [4.78, 5) is 27.4. The molecular weight excluding hydrogens is 598 g/mol. The Morgan fingerprint density at radius 2 is 1.85 bits per heavy atom. The fourth-order valence-corrected chi connectivity index (χ4v) is 6.05. The third-order valence-corrected chi connectivity index (χ3v) is 8.40. The highest BCUT2D eigenvalue weighted by molar-refractivity contribution is 5.79. The molecule has 3 N–H and O–H groups in total. The van der Waals surface area contributed by atoms with Crippen LogP contribution in [0.3, 0.4) is 0 Å². The van der Waals surface area contributed by atoms with Crippen molar-refractivity contribution in [3.63, 3.8) is 0 Å². The third-order valence-electron chi connectivity index (χ3n) is 8.40. The monoisotopic (exact) mass is 641 g/mol. The lowest BCUT2D eigenvalue weighted by molar-refractivity contribution is -0.156. The zero-order chi connectivity index (χ0) is 33.4. The van der Waals surface area contributed by atoms with Crippen LogP contribution in [0.5, 0.6) is 0 Å². The number of pyridine rings is 1. The third kappa shape index (κ3) is 9.06. The summed E-state index contributed by atoms with van der Waals surface area (Å²) in [7, 11) is 1.36. The number of aromatic nitrogens is 6. The lowest BCUT2D eigenvalue weighted by atomic mass is 9.80. The molecule has 13 heteroatoms. The first-order valence-corrected chi connectivity index (χ1v) is 16.2. The predicted molar refractivity (Wildman–Crippen MR) is 176 cm³/mol. The molecule has 248 valence electrons. The van der Waals surface area contributed by atoms with Crippen molar-refractivity contribution in [3.05, 3.63) is 48.4 Å². The van der Waals surface area contributed by atoms with Crippen LogP contribution in [0.2, 0.25) is 0 Å². The van der Waals surface area contributed by atoms with Crippen molar-refractivity contribution in [2.45, 2.75) is 83.8 Å². The molecule has 2 fully saturated rings. The lowest BCUT2D eigenvalue weighted by Crippen LogP contribution is -2.42. The fraction of sp³-hybridized carbons (Fsp3) is 0.500. The number of amides is 1. The number of anilines is 1. The number of alkyl carbamates (subject to hydrolysis) is 1. The summed E-state index contributed by atoms with van der Waals surface area (Å²) in [5.41, 5.74) is 4.97. The average molecular weight is 642 g/mol. The number of nitrogens with one attached hydrogen (secondary N) is 3. The van der Waals surface area contributed by atoms with E-state index in [1.54, 1.807) is 23.0 Å². The molecule has 4 aromatic rings. The van der Waals surface area contributed by atoms with E-state index < -0.39 is 6.09 Å². The second kappa shape index (κ2) is 15.1. The maximum Gasteiger partial charge on any atom is 0.406 e. The Hall–Kier alpha value is -4.99. The van der Waals surface area contributed by atoms with Crippen molar-refractivity contribution in [2.24, 2.45) is 11.8 Å². The molecule has 0 atom stereocenters. The van der Waals surface area contributed by atoms with Crippen molar-refractivity contribution >= 4 is 23.3 Å². The molecule has 4 aromatic heterocycles. The standard InChI is InChI=1S/C22H21N9O2.C12H22O2/c1-33-22(32)25-9-13-4-15(5-13)28-18-7-19(24-11-17(18)20-12-26-30-29-20)21-3-2-16-6-14(8-23)10-27-31(16)21;1-12(2,3)14-11(13)9-10-7-5-4-6-8-10/h2-3,6-7,10-13,15H,4-5,9H2,1H3,(H,24,28)(H,25,32)(H,26,29,30);10H,4-9H2,1-3H3. The number of rotatable bonds is 8. The minimum absolute atomic E-state index is 0.0237. The Kier molecular flexibility index (Phi) is 10.7. The molecule has 0 unspecified atom stereocenters. The first kappa shape index (κ1) is 33.4. The number of aromatic amines is 1. The van der Waals surface area contributed by atoms with Crippen LogP contribution in [0.25, 0.3) is 28.2 Å². The molecule has 0 spiro atoms. The van der Waals surface area contributed by atoms with E-state index in [4.69, 9.17) is 10.00 Å². The summed E-state index contributed by atoms with van der Waals surface area (Å²) >= 11 is 0. The van der Waals surface area contributed by atoms with Gasteiger partial charge >= 0.3 is 12.1 Å². The van der Waals surface area contributed by atoms with Crippen LogP contribution in [0.4, 0.5) is 10.5 Å². The predicted octanol–water partition coefficient (Wildman–Crippen LogP) is 5.90. The first-order chi connectivity index (χ1) is 22.6. The highest BCUT2D eigenvalue weighted by Crippen LogP contribution is 2.35. The Morgan fingerprint density at radius 1 is 1.06 bits per heavy atom. The Bertz CT molecular complexity index is 1690. The molecule has 13 nitrogen and oxygen atoms in total. The van der Waals surface area contributed by atoms with Gasteiger partial charge in [0, 0.05) is 36.5 Å². The number of nitrogens with zero attached hydrogens (tertiary/aromatic N) is 6. The smallest absolute Gasteiger partial charge is 0.406 e. The second-order valence-electron chi connectivity index (χ2n) is 13.2. The van der Waals surface area contributed by atoms with Gasteiger partial charge in [0.15, 0.2) is 0 Å². The number of hydrogen-bond acceptors (Lipinski definition) is 10. The molecule has 0 radical (unpaired) electrons. The van der Waals surface area contributed by atoms with E-state index in [9.17, 15) is 9.59 Å². The van der Waals surface area contributed by atoms with Gasteiger partial charge in [-0.25, -0.2) is 9.31 Å². The maximum absolute atomic E-state index is 11.5. The summed E-state index contributed by atoms with van der Waals surface area (Å²) in [6, 6.07) is 9.98. The minimum atomic E-state index is -0.409. The topological polar surface area (TPSA) is 172 Å². The van der Waals surface area contributed by atoms with E-state index in [0.29, 0.717) is 36.1 Å². The van der Waals surface area contributed by atoms with Gasteiger partial charge < -0.3 is 20.1 Å². The molecule has 2 aliphatic rings. The van der Waals surface area contributed by atoms with Crippen LogP contribution in [0, 0.1) is 23.2 Å². The van der Waals surface area contributed by atoms with E-state index in [1.165, 1.54) is 45.4 Å².